The first kappa shape index (κ1) is 29.2. The Morgan fingerprint density at radius 1 is 0.433 bits per heavy atom. The number of carbonyl (C=O) groups is 1. The molecule has 0 aromatic carbocycles. The summed E-state index contributed by atoms with van der Waals surface area (Å²) in [6.45, 7) is 7.31. The van der Waals surface area contributed by atoms with Crippen molar-refractivity contribution in [2.24, 2.45) is 0 Å². The molecule has 30 heavy (non-hydrogen) atoms. The van der Waals surface area contributed by atoms with Crippen LogP contribution < -0.4 is 0 Å². The van der Waals surface area contributed by atoms with Gasteiger partial charge in [0.2, 0.25) is 0 Å². The largest absolute Gasteiger partial charge is 0.508 e. The first-order valence-corrected chi connectivity index (χ1v) is 12.8. The van der Waals surface area contributed by atoms with Crippen LogP contribution in [0.15, 0.2) is 0 Å². The van der Waals surface area contributed by atoms with Crippen molar-refractivity contribution in [2.45, 2.75) is 117 Å². The maximum absolute atomic E-state index is 11.5. The minimum Gasteiger partial charge on any atom is -0.432 e. The molecule has 0 amide bonds. The molecule has 0 radical (unpaired) electrons. The Morgan fingerprint density at radius 3 is 1.13 bits per heavy atom. The van der Waals surface area contributed by atoms with E-state index >= 15 is 0 Å². The number of hydrogen-bond acceptors (Lipinski definition) is 5. The molecule has 180 valence electrons. The van der Waals surface area contributed by atoms with E-state index in [1.165, 1.54) is 89.9 Å². The first-order chi connectivity index (χ1) is 14.8. The summed E-state index contributed by atoms with van der Waals surface area (Å²) < 4.78 is 20.9. The molecule has 0 aromatic rings. The van der Waals surface area contributed by atoms with Crippen molar-refractivity contribution in [3.8, 4) is 0 Å². The van der Waals surface area contributed by atoms with Gasteiger partial charge >= 0.3 is 6.16 Å². The number of rotatable bonds is 24. The molecule has 0 bridgehead atoms. The van der Waals surface area contributed by atoms with Crippen LogP contribution in [0.25, 0.3) is 0 Å². The van der Waals surface area contributed by atoms with Gasteiger partial charge in [0.15, 0.2) is 0 Å². The summed E-state index contributed by atoms with van der Waals surface area (Å²) in [5.41, 5.74) is 0. The zero-order valence-electron chi connectivity index (χ0n) is 20.1. The van der Waals surface area contributed by atoms with E-state index in [1.807, 2.05) is 0 Å². The molecule has 0 saturated heterocycles. The summed E-state index contributed by atoms with van der Waals surface area (Å²) in [6.07, 6.45) is 20.0. The lowest BCUT2D eigenvalue weighted by Crippen LogP contribution is -2.15. The molecule has 0 aromatic heterocycles. The van der Waals surface area contributed by atoms with Crippen LogP contribution in [0.4, 0.5) is 4.79 Å². The summed E-state index contributed by atoms with van der Waals surface area (Å²) in [5.74, 6) is 0. The van der Waals surface area contributed by atoms with E-state index in [0.29, 0.717) is 13.2 Å². The fourth-order valence-corrected chi connectivity index (χ4v) is 3.29. The summed E-state index contributed by atoms with van der Waals surface area (Å²) in [7, 11) is 0. The Bertz CT molecular complexity index is 306. The molecular formula is C25H50O5. The van der Waals surface area contributed by atoms with Gasteiger partial charge in [-0.25, -0.2) is 4.79 Å². The molecule has 0 rings (SSSR count). The average molecular weight is 431 g/mol. The third kappa shape index (κ3) is 25.2. The molecule has 0 fully saturated rings. The van der Waals surface area contributed by atoms with Crippen molar-refractivity contribution in [1.82, 2.24) is 0 Å². The summed E-state index contributed by atoms with van der Waals surface area (Å²) >= 11 is 0. The van der Waals surface area contributed by atoms with E-state index in [0.717, 1.165) is 26.1 Å². The fourth-order valence-electron chi connectivity index (χ4n) is 3.29. The highest BCUT2D eigenvalue weighted by atomic mass is 16.7. The molecule has 0 spiro atoms. The monoisotopic (exact) mass is 430 g/mol. The van der Waals surface area contributed by atoms with Crippen LogP contribution in [-0.4, -0.2) is 45.8 Å². The van der Waals surface area contributed by atoms with Crippen molar-refractivity contribution in [2.75, 3.05) is 39.6 Å². The predicted molar refractivity (Wildman–Crippen MR) is 124 cm³/mol. The van der Waals surface area contributed by atoms with Crippen LogP contribution in [0.2, 0.25) is 0 Å². The summed E-state index contributed by atoms with van der Waals surface area (Å²) in [4.78, 5) is 11.5. The Labute approximate surface area is 186 Å². The number of ether oxygens (including phenoxy) is 4. The molecule has 0 aliphatic rings. The van der Waals surface area contributed by atoms with Crippen molar-refractivity contribution in [3.63, 3.8) is 0 Å². The van der Waals surface area contributed by atoms with Gasteiger partial charge in [0.1, 0.15) is 13.2 Å². The SMILES string of the molecule is CCCCCCCCCCOCCOC(=O)OCCOCCCCCCCCCC. The Balaban J connectivity index is 3.14. The average Bonchev–Trinajstić information content (AvgIpc) is 2.75. The van der Waals surface area contributed by atoms with Gasteiger partial charge < -0.3 is 18.9 Å². The normalized spacial score (nSPS) is 11.0. The van der Waals surface area contributed by atoms with E-state index in [9.17, 15) is 4.79 Å². The molecule has 0 aliphatic carbocycles. The highest BCUT2D eigenvalue weighted by Crippen LogP contribution is 2.09. The lowest BCUT2D eigenvalue weighted by molar-refractivity contribution is 0.0101. The topological polar surface area (TPSA) is 54.0 Å². The number of unbranched alkanes of at least 4 members (excludes halogenated alkanes) is 14. The molecule has 0 heterocycles. The van der Waals surface area contributed by atoms with Crippen LogP contribution in [0, 0.1) is 0 Å². The van der Waals surface area contributed by atoms with E-state index in [-0.39, 0.29) is 13.2 Å². The quantitative estimate of drug-likeness (QED) is 0.117. The van der Waals surface area contributed by atoms with E-state index in [4.69, 9.17) is 18.9 Å². The minimum absolute atomic E-state index is 0.245. The van der Waals surface area contributed by atoms with Gasteiger partial charge in [0, 0.05) is 13.2 Å². The molecule has 0 atom stereocenters. The zero-order valence-corrected chi connectivity index (χ0v) is 20.1. The summed E-state index contributed by atoms with van der Waals surface area (Å²) in [5, 5.41) is 0. The van der Waals surface area contributed by atoms with Gasteiger partial charge in [-0.1, -0.05) is 104 Å². The van der Waals surface area contributed by atoms with Crippen LogP contribution in [-0.2, 0) is 18.9 Å². The third-order valence-corrected chi connectivity index (χ3v) is 5.18. The smallest absolute Gasteiger partial charge is 0.432 e. The van der Waals surface area contributed by atoms with Gasteiger partial charge in [0.05, 0.1) is 13.2 Å². The first-order valence-electron chi connectivity index (χ1n) is 12.8. The van der Waals surface area contributed by atoms with Gasteiger partial charge in [-0.05, 0) is 12.8 Å². The van der Waals surface area contributed by atoms with Crippen LogP contribution in [0.3, 0.4) is 0 Å². The standard InChI is InChI=1S/C25H50O5/c1-3-5-7-9-11-13-15-17-19-27-21-23-29-25(26)30-24-22-28-20-18-16-14-12-10-8-6-4-2/h3-24H2,1-2H3. The number of hydrogen-bond donors (Lipinski definition) is 0. The lowest BCUT2D eigenvalue weighted by atomic mass is 10.1. The van der Waals surface area contributed by atoms with Gasteiger partial charge in [-0.2, -0.15) is 0 Å². The van der Waals surface area contributed by atoms with Crippen molar-refractivity contribution in [3.05, 3.63) is 0 Å². The lowest BCUT2D eigenvalue weighted by Gasteiger charge is -2.08. The van der Waals surface area contributed by atoms with Gasteiger partial charge in [-0.3, -0.25) is 0 Å². The Morgan fingerprint density at radius 2 is 0.767 bits per heavy atom. The molecule has 0 unspecified atom stereocenters. The number of carbonyl (C=O) groups excluding carboxylic acids is 1. The maximum Gasteiger partial charge on any atom is 0.508 e. The van der Waals surface area contributed by atoms with Gasteiger partial charge in [0.25, 0.3) is 0 Å². The molecule has 5 nitrogen and oxygen atoms in total. The highest BCUT2D eigenvalue weighted by Gasteiger charge is 2.03. The maximum atomic E-state index is 11.5. The molecule has 0 N–H and O–H groups in total. The Hall–Kier alpha value is -0.810. The van der Waals surface area contributed by atoms with Crippen molar-refractivity contribution < 1.29 is 23.7 Å². The second kappa shape index (κ2) is 26.2. The minimum atomic E-state index is -0.638. The van der Waals surface area contributed by atoms with Crippen LogP contribution in [0.1, 0.15) is 117 Å². The van der Waals surface area contributed by atoms with Crippen LogP contribution >= 0.6 is 0 Å². The molecule has 5 heteroatoms. The zero-order chi connectivity index (χ0) is 22.0. The second-order valence-electron chi connectivity index (χ2n) is 8.12. The molecular weight excluding hydrogens is 380 g/mol. The van der Waals surface area contributed by atoms with Crippen molar-refractivity contribution in [1.29, 1.82) is 0 Å². The van der Waals surface area contributed by atoms with Crippen molar-refractivity contribution >= 4 is 6.16 Å². The predicted octanol–water partition coefficient (Wildman–Crippen LogP) is 7.45. The fraction of sp³-hybridized carbons (Fsp3) is 0.960. The van der Waals surface area contributed by atoms with Crippen LogP contribution in [0.5, 0.6) is 0 Å². The molecule has 0 saturated carbocycles. The highest BCUT2D eigenvalue weighted by molar-refractivity contribution is 5.59. The van der Waals surface area contributed by atoms with E-state index in [1.54, 1.807) is 0 Å². The molecule has 0 aliphatic heterocycles. The van der Waals surface area contributed by atoms with Gasteiger partial charge in [-0.15, -0.1) is 0 Å². The second-order valence-corrected chi connectivity index (χ2v) is 8.12. The Kier molecular flexibility index (Phi) is 25.5. The van der Waals surface area contributed by atoms with E-state index in [2.05, 4.69) is 13.8 Å². The summed E-state index contributed by atoms with van der Waals surface area (Å²) in [6, 6.07) is 0. The van der Waals surface area contributed by atoms with E-state index < -0.39 is 6.16 Å². The third-order valence-electron chi connectivity index (χ3n) is 5.18.